The maximum atomic E-state index is 3.56. The van der Waals surface area contributed by atoms with E-state index in [1.807, 2.05) is 0 Å². The standard InChI is InChI=1S/C14H29N/c1-13(2)7-5-3-4-6-11-15-12-10-14-8-9-14/h13-15H,3-12H2,1-2H3. The zero-order chi connectivity index (χ0) is 10.9. The van der Waals surface area contributed by atoms with E-state index in [0.29, 0.717) is 0 Å². The maximum absolute atomic E-state index is 3.56. The lowest BCUT2D eigenvalue weighted by atomic mass is 10.0. The number of nitrogens with one attached hydrogen (secondary N) is 1. The van der Waals surface area contributed by atoms with Crippen LogP contribution in [0, 0.1) is 11.8 Å². The molecule has 15 heavy (non-hydrogen) atoms. The highest BCUT2D eigenvalue weighted by Gasteiger charge is 2.19. The molecule has 1 N–H and O–H groups in total. The highest BCUT2D eigenvalue weighted by Crippen LogP contribution is 2.31. The van der Waals surface area contributed by atoms with Crippen molar-refractivity contribution in [2.75, 3.05) is 13.1 Å². The predicted octanol–water partition coefficient (Wildman–Crippen LogP) is 3.98. The smallest absolute Gasteiger partial charge is 0.00463 e. The largest absolute Gasteiger partial charge is 0.317 e. The Hall–Kier alpha value is -0.0400. The third-order valence-corrected chi connectivity index (χ3v) is 3.31. The van der Waals surface area contributed by atoms with Gasteiger partial charge in [-0.15, -0.1) is 0 Å². The van der Waals surface area contributed by atoms with E-state index in [1.54, 1.807) is 0 Å². The van der Waals surface area contributed by atoms with Gasteiger partial charge in [-0.05, 0) is 37.8 Å². The molecule has 0 amide bonds. The first-order valence-electron chi connectivity index (χ1n) is 6.99. The minimum absolute atomic E-state index is 0.890. The molecule has 0 heterocycles. The monoisotopic (exact) mass is 211 g/mol. The van der Waals surface area contributed by atoms with Gasteiger partial charge >= 0.3 is 0 Å². The molecule has 0 radical (unpaired) electrons. The van der Waals surface area contributed by atoms with Gasteiger partial charge in [0.15, 0.2) is 0 Å². The summed E-state index contributed by atoms with van der Waals surface area (Å²) >= 11 is 0. The number of hydrogen-bond donors (Lipinski definition) is 1. The fraction of sp³-hybridized carbons (Fsp3) is 1.00. The molecule has 1 aliphatic carbocycles. The molecule has 0 bridgehead atoms. The number of hydrogen-bond acceptors (Lipinski definition) is 1. The first-order valence-corrected chi connectivity index (χ1v) is 6.99. The molecular formula is C14H29N. The van der Waals surface area contributed by atoms with Crippen LogP contribution in [0.4, 0.5) is 0 Å². The minimum atomic E-state index is 0.890. The summed E-state index contributed by atoms with van der Waals surface area (Å²) < 4.78 is 0. The lowest BCUT2D eigenvalue weighted by molar-refractivity contribution is 0.509. The molecule has 0 saturated heterocycles. The van der Waals surface area contributed by atoms with Crippen LogP contribution in [0.5, 0.6) is 0 Å². The fourth-order valence-electron chi connectivity index (χ4n) is 1.99. The molecule has 90 valence electrons. The Morgan fingerprint density at radius 1 is 1.00 bits per heavy atom. The van der Waals surface area contributed by atoms with Crippen molar-refractivity contribution >= 4 is 0 Å². The van der Waals surface area contributed by atoms with Gasteiger partial charge in [-0.1, -0.05) is 52.4 Å². The van der Waals surface area contributed by atoms with E-state index in [9.17, 15) is 0 Å². The van der Waals surface area contributed by atoms with E-state index in [4.69, 9.17) is 0 Å². The summed E-state index contributed by atoms with van der Waals surface area (Å²) in [6.07, 6.45) is 11.5. The zero-order valence-corrected chi connectivity index (χ0v) is 10.7. The molecule has 1 fully saturated rings. The van der Waals surface area contributed by atoms with Crippen molar-refractivity contribution in [2.45, 2.75) is 65.2 Å². The molecule has 1 saturated carbocycles. The molecule has 1 heteroatoms. The molecule has 1 nitrogen and oxygen atoms in total. The lowest BCUT2D eigenvalue weighted by Gasteiger charge is -2.05. The van der Waals surface area contributed by atoms with Gasteiger partial charge in [-0.2, -0.15) is 0 Å². The van der Waals surface area contributed by atoms with Gasteiger partial charge in [0.1, 0.15) is 0 Å². The van der Waals surface area contributed by atoms with E-state index in [-0.39, 0.29) is 0 Å². The normalized spacial score (nSPS) is 16.2. The third kappa shape index (κ3) is 8.92. The van der Waals surface area contributed by atoms with Crippen molar-refractivity contribution in [3.63, 3.8) is 0 Å². The summed E-state index contributed by atoms with van der Waals surface area (Å²) in [6.45, 7) is 7.14. The van der Waals surface area contributed by atoms with Crippen molar-refractivity contribution in [1.29, 1.82) is 0 Å². The second-order valence-corrected chi connectivity index (χ2v) is 5.58. The summed E-state index contributed by atoms with van der Waals surface area (Å²) in [5.41, 5.74) is 0. The molecule has 0 atom stereocenters. The lowest BCUT2D eigenvalue weighted by Crippen LogP contribution is -2.16. The second kappa shape index (κ2) is 8.15. The Labute approximate surface area is 96.0 Å². The maximum Gasteiger partial charge on any atom is -0.00463 e. The summed E-state index contributed by atoms with van der Waals surface area (Å²) in [5, 5.41) is 3.56. The van der Waals surface area contributed by atoms with Crippen LogP contribution in [0.3, 0.4) is 0 Å². The van der Waals surface area contributed by atoms with Gasteiger partial charge in [0.2, 0.25) is 0 Å². The van der Waals surface area contributed by atoms with Gasteiger partial charge in [-0.25, -0.2) is 0 Å². The Kier molecular flexibility index (Phi) is 7.08. The van der Waals surface area contributed by atoms with E-state index >= 15 is 0 Å². The molecule has 1 rings (SSSR count). The first-order chi connectivity index (χ1) is 7.29. The van der Waals surface area contributed by atoms with Gasteiger partial charge in [0, 0.05) is 0 Å². The van der Waals surface area contributed by atoms with Crippen LogP contribution in [0.15, 0.2) is 0 Å². The molecule has 0 aromatic carbocycles. The number of unbranched alkanes of at least 4 members (excludes halogenated alkanes) is 3. The molecule has 0 unspecified atom stereocenters. The Bertz CT molecular complexity index is 130. The van der Waals surface area contributed by atoms with Crippen molar-refractivity contribution in [3.05, 3.63) is 0 Å². The van der Waals surface area contributed by atoms with E-state index in [2.05, 4.69) is 19.2 Å². The van der Waals surface area contributed by atoms with E-state index < -0.39 is 0 Å². The zero-order valence-electron chi connectivity index (χ0n) is 10.7. The average Bonchev–Trinajstić information content (AvgIpc) is 2.98. The van der Waals surface area contributed by atoms with Crippen LogP contribution in [0.25, 0.3) is 0 Å². The third-order valence-electron chi connectivity index (χ3n) is 3.31. The van der Waals surface area contributed by atoms with Crippen LogP contribution in [0.2, 0.25) is 0 Å². The first kappa shape index (κ1) is 13.0. The van der Waals surface area contributed by atoms with Crippen LogP contribution in [-0.4, -0.2) is 13.1 Å². The average molecular weight is 211 g/mol. The second-order valence-electron chi connectivity index (χ2n) is 5.58. The van der Waals surface area contributed by atoms with Gasteiger partial charge in [-0.3, -0.25) is 0 Å². The van der Waals surface area contributed by atoms with E-state index in [0.717, 1.165) is 11.8 Å². The van der Waals surface area contributed by atoms with Crippen LogP contribution in [0.1, 0.15) is 65.2 Å². The van der Waals surface area contributed by atoms with Gasteiger partial charge in [0.25, 0.3) is 0 Å². The summed E-state index contributed by atoms with van der Waals surface area (Å²) in [5.74, 6) is 1.98. The van der Waals surface area contributed by atoms with Crippen LogP contribution in [-0.2, 0) is 0 Å². The van der Waals surface area contributed by atoms with Crippen molar-refractivity contribution in [1.82, 2.24) is 5.32 Å². The topological polar surface area (TPSA) is 12.0 Å². The fourth-order valence-corrected chi connectivity index (χ4v) is 1.99. The quantitative estimate of drug-likeness (QED) is 0.539. The van der Waals surface area contributed by atoms with E-state index in [1.165, 1.54) is 64.5 Å². The molecular weight excluding hydrogens is 182 g/mol. The van der Waals surface area contributed by atoms with Crippen molar-refractivity contribution in [3.8, 4) is 0 Å². The summed E-state index contributed by atoms with van der Waals surface area (Å²) in [7, 11) is 0. The predicted molar refractivity (Wildman–Crippen MR) is 68.1 cm³/mol. The highest BCUT2D eigenvalue weighted by atomic mass is 14.8. The number of rotatable bonds is 10. The Morgan fingerprint density at radius 2 is 1.73 bits per heavy atom. The minimum Gasteiger partial charge on any atom is -0.317 e. The molecule has 0 aromatic heterocycles. The van der Waals surface area contributed by atoms with Crippen molar-refractivity contribution in [2.24, 2.45) is 11.8 Å². The SMILES string of the molecule is CC(C)CCCCCCNCCC1CC1. The molecule has 0 aliphatic heterocycles. The molecule has 0 aromatic rings. The molecule has 0 spiro atoms. The van der Waals surface area contributed by atoms with Gasteiger partial charge < -0.3 is 5.32 Å². The highest BCUT2D eigenvalue weighted by molar-refractivity contribution is 4.73. The van der Waals surface area contributed by atoms with Crippen molar-refractivity contribution < 1.29 is 0 Å². The summed E-state index contributed by atoms with van der Waals surface area (Å²) in [4.78, 5) is 0. The van der Waals surface area contributed by atoms with Crippen LogP contribution >= 0.6 is 0 Å². The van der Waals surface area contributed by atoms with Gasteiger partial charge in [0.05, 0.1) is 0 Å². The Balaban J connectivity index is 1.65. The Morgan fingerprint density at radius 3 is 2.40 bits per heavy atom. The molecule has 1 aliphatic rings. The van der Waals surface area contributed by atoms with Crippen LogP contribution < -0.4 is 5.32 Å². The summed E-state index contributed by atoms with van der Waals surface area (Å²) in [6, 6.07) is 0.